The fraction of sp³-hybridized carbons (Fsp3) is 0.261. The molecule has 0 bridgehead atoms. The van der Waals surface area contributed by atoms with Crippen LogP contribution in [0.25, 0.3) is 5.69 Å². The van der Waals surface area contributed by atoms with E-state index < -0.39 is 0 Å². The van der Waals surface area contributed by atoms with E-state index in [-0.39, 0.29) is 18.1 Å². The molecule has 1 fully saturated rings. The quantitative estimate of drug-likeness (QED) is 0.380. The third-order valence-electron chi connectivity index (χ3n) is 5.38. The van der Waals surface area contributed by atoms with Crippen LogP contribution in [0.2, 0.25) is 0 Å². The van der Waals surface area contributed by atoms with Crippen molar-refractivity contribution in [2.75, 3.05) is 13.7 Å². The fourth-order valence-electron chi connectivity index (χ4n) is 3.96. The van der Waals surface area contributed by atoms with Crippen molar-refractivity contribution in [3.05, 3.63) is 82.9 Å². The molecule has 3 aromatic rings. The minimum Gasteiger partial charge on any atom is -0.469 e. The van der Waals surface area contributed by atoms with Gasteiger partial charge >= 0.3 is 5.97 Å². The third kappa shape index (κ3) is 4.65. The van der Waals surface area contributed by atoms with Crippen LogP contribution >= 0.6 is 28.1 Å². The number of nitrogens with one attached hydrogen (secondary N) is 1. The Hall–Kier alpha value is -2.71. The number of nitrogens with zero attached hydrogens (tertiary/aromatic N) is 3. The molecule has 2 atom stereocenters. The van der Waals surface area contributed by atoms with E-state index >= 15 is 0 Å². The van der Waals surface area contributed by atoms with Crippen LogP contribution in [-0.2, 0) is 9.53 Å². The molecular formula is C23H23BrN4O2S. The van der Waals surface area contributed by atoms with E-state index in [1.165, 1.54) is 7.11 Å². The summed E-state index contributed by atoms with van der Waals surface area (Å²) in [6, 6.07) is 18.1. The van der Waals surface area contributed by atoms with E-state index in [0.717, 1.165) is 21.5 Å². The zero-order valence-corrected chi connectivity index (χ0v) is 19.5. The zero-order valence-electron chi connectivity index (χ0n) is 17.1. The second-order valence-electron chi connectivity index (χ2n) is 7.28. The van der Waals surface area contributed by atoms with Crippen molar-refractivity contribution in [3.8, 4) is 5.69 Å². The standard InChI is InChI=1S/C23H23BrN4O2S/c1-30-20(29)11-6-14-28-22(21(26-23(28)31)18-9-2-3-12-25-18)19-10-5-13-27(19)17-8-4-7-16(24)15-17/h2-5,7-10,12-13,15,21-22H,6,11,14H2,1H3,(H,26,31)/t21-,22+/m0/s1. The molecule has 1 saturated heterocycles. The van der Waals surface area contributed by atoms with E-state index in [4.69, 9.17) is 17.0 Å². The highest BCUT2D eigenvalue weighted by atomic mass is 79.9. The van der Waals surface area contributed by atoms with Crippen molar-refractivity contribution < 1.29 is 9.53 Å². The summed E-state index contributed by atoms with van der Waals surface area (Å²) in [5.74, 6) is -0.214. The lowest BCUT2D eigenvalue weighted by Gasteiger charge is -2.29. The minimum atomic E-state index is -0.214. The largest absolute Gasteiger partial charge is 0.469 e. The zero-order chi connectivity index (χ0) is 21.8. The van der Waals surface area contributed by atoms with Gasteiger partial charge in [-0.1, -0.05) is 28.1 Å². The highest BCUT2D eigenvalue weighted by molar-refractivity contribution is 9.10. The average Bonchev–Trinajstić information content (AvgIpc) is 3.39. The molecule has 6 nitrogen and oxygen atoms in total. The molecule has 0 spiro atoms. The Morgan fingerprint density at radius 1 is 1.23 bits per heavy atom. The Kier molecular flexibility index (Phi) is 6.67. The number of pyridine rings is 1. The molecule has 0 unspecified atom stereocenters. The van der Waals surface area contributed by atoms with Crippen molar-refractivity contribution >= 4 is 39.2 Å². The molecule has 1 aliphatic heterocycles. The number of esters is 1. The lowest BCUT2D eigenvalue weighted by molar-refractivity contribution is -0.140. The molecular weight excluding hydrogens is 476 g/mol. The summed E-state index contributed by atoms with van der Waals surface area (Å²) in [5, 5.41) is 4.12. The minimum absolute atomic E-state index is 0.0750. The van der Waals surface area contributed by atoms with E-state index in [0.29, 0.717) is 24.5 Å². The number of carbonyl (C=O) groups excluding carboxylic acids is 1. The van der Waals surface area contributed by atoms with Crippen LogP contribution in [0, 0.1) is 0 Å². The van der Waals surface area contributed by atoms with Crippen LogP contribution in [0.1, 0.15) is 36.3 Å². The maximum Gasteiger partial charge on any atom is 0.305 e. The summed E-state index contributed by atoms with van der Waals surface area (Å²) in [4.78, 5) is 18.4. The normalized spacial score (nSPS) is 18.1. The van der Waals surface area contributed by atoms with E-state index in [1.54, 1.807) is 6.20 Å². The first-order valence-electron chi connectivity index (χ1n) is 10.1. The molecule has 31 heavy (non-hydrogen) atoms. The number of aromatic nitrogens is 2. The summed E-state index contributed by atoms with van der Waals surface area (Å²) in [5.41, 5.74) is 3.08. The monoisotopic (exact) mass is 498 g/mol. The van der Waals surface area contributed by atoms with Gasteiger partial charge < -0.3 is 19.5 Å². The van der Waals surface area contributed by atoms with Crippen LogP contribution in [0.5, 0.6) is 0 Å². The van der Waals surface area contributed by atoms with Gasteiger partial charge in [0.1, 0.15) is 0 Å². The molecule has 2 aromatic heterocycles. The molecule has 4 rings (SSSR count). The van der Waals surface area contributed by atoms with Gasteiger partial charge in [-0.15, -0.1) is 0 Å². The van der Waals surface area contributed by atoms with Crippen LogP contribution < -0.4 is 5.32 Å². The molecule has 0 radical (unpaired) electrons. The number of thiocarbonyl (C=S) groups is 1. The van der Waals surface area contributed by atoms with Crippen LogP contribution in [0.3, 0.4) is 0 Å². The fourth-order valence-corrected chi connectivity index (χ4v) is 4.68. The first-order valence-corrected chi connectivity index (χ1v) is 11.3. The number of benzene rings is 1. The SMILES string of the molecule is COC(=O)CCCN1C(=S)N[C@@H](c2ccccn2)[C@H]1c1cccn1-c1cccc(Br)c1. The molecule has 0 saturated carbocycles. The van der Waals surface area contributed by atoms with Crippen molar-refractivity contribution in [3.63, 3.8) is 0 Å². The molecule has 8 heteroatoms. The predicted molar refractivity (Wildman–Crippen MR) is 127 cm³/mol. The molecule has 3 heterocycles. The Labute approximate surface area is 195 Å². The Bertz CT molecular complexity index is 1070. The average molecular weight is 499 g/mol. The lowest BCUT2D eigenvalue weighted by Crippen LogP contribution is -2.31. The third-order valence-corrected chi connectivity index (χ3v) is 6.22. The molecule has 160 valence electrons. The van der Waals surface area contributed by atoms with Gasteiger partial charge in [-0.25, -0.2) is 0 Å². The summed E-state index contributed by atoms with van der Waals surface area (Å²) in [6.45, 7) is 0.637. The van der Waals surface area contributed by atoms with E-state index in [1.807, 2.05) is 36.4 Å². The smallest absolute Gasteiger partial charge is 0.305 e. The number of carbonyl (C=O) groups is 1. The van der Waals surface area contributed by atoms with Crippen molar-refractivity contribution in [1.29, 1.82) is 0 Å². The number of methoxy groups -OCH3 is 1. The van der Waals surface area contributed by atoms with Gasteiger partial charge in [-0.3, -0.25) is 9.78 Å². The molecule has 0 amide bonds. The lowest BCUT2D eigenvalue weighted by atomic mass is 10.0. The highest BCUT2D eigenvalue weighted by Crippen LogP contribution is 2.39. The second-order valence-corrected chi connectivity index (χ2v) is 8.58. The van der Waals surface area contributed by atoms with Crippen LogP contribution in [0.15, 0.2) is 71.5 Å². The molecule has 0 aliphatic carbocycles. The number of hydrogen-bond donors (Lipinski definition) is 1. The van der Waals surface area contributed by atoms with Crippen molar-refractivity contribution in [1.82, 2.24) is 19.8 Å². The van der Waals surface area contributed by atoms with Crippen LogP contribution in [-0.4, -0.2) is 39.2 Å². The molecule has 1 aromatic carbocycles. The summed E-state index contributed by atoms with van der Waals surface area (Å²) in [6.07, 6.45) is 4.85. The van der Waals surface area contributed by atoms with Crippen molar-refractivity contribution in [2.45, 2.75) is 24.9 Å². The maximum atomic E-state index is 11.6. The number of ether oxygens (including phenoxy) is 1. The first-order chi connectivity index (χ1) is 15.1. The predicted octanol–water partition coefficient (Wildman–Crippen LogP) is 4.56. The highest BCUT2D eigenvalue weighted by Gasteiger charge is 2.41. The van der Waals surface area contributed by atoms with Crippen LogP contribution in [0.4, 0.5) is 0 Å². The van der Waals surface area contributed by atoms with Gasteiger partial charge in [0.05, 0.1) is 24.9 Å². The summed E-state index contributed by atoms with van der Waals surface area (Å²) >= 11 is 9.28. The van der Waals surface area contributed by atoms with E-state index in [2.05, 4.69) is 60.1 Å². The molecule has 1 N–H and O–H groups in total. The van der Waals surface area contributed by atoms with E-state index in [9.17, 15) is 4.79 Å². The first kappa shape index (κ1) is 21.5. The van der Waals surface area contributed by atoms with Gasteiger partial charge in [0.15, 0.2) is 5.11 Å². The maximum absolute atomic E-state index is 11.6. The van der Waals surface area contributed by atoms with Crippen molar-refractivity contribution in [2.24, 2.45) is 0 Å². The number of halogens is 1. The van der Waals surface area contributed by atoms with Gasteiger partial charge in [-0.05, 0) is 61.1 Å². The van der Waals surface area contributed by atoms with Gasteiger partial charge in [-0.2, -0.15) is 0 Å². The van der Waals surface area contributed by atoms with Gasteiger partial charge in [0.25, 0.3) is 0 Å². The Morgan fingerprint density at radius 3 is 2.84 bits per heavy atom. The number of rotatable bonds is 7. The molecule has 1 aliphatic rings. The second kappa shape index (κ2) is 9.62. The van der Waals surface area contributed by atoms with Gasteiger partial charge in [0, 0.05) is 41.2 Å². The number of hydrogen-bond acceptors (Lipinski definition) is 4. The Balaban J connectivity index is 1.72. The Morgan fingerprint density at radius 2 is 2.10 bits per heavy atom. The summed E-state index contributed by atoms with van der Waals surface area (Å²) < 4.78 is 7.98. The summed E-state index contributed by atoms with van der Waals surface area (Å²) in [7, 11) is 1.41. The van der Waals surface area contributed by atoms with Gasteiger partial charge in [0.2, 0.25) is 0 Å². The topological polar surface area (TPSA) is 59.4 Å².